The molecule has 0 saturated carbocycles. The van der Waals surface area contributed by atoms with Crippen molar-refractivity contribution in [3.63, 3.8) is 0 Å². The van der Waals surface area contributed by atoms with Crippen molar-refractivity contribution in [3.8, 4) is 11.5 Å². The Morgan fingerprint density at radius 2 is 1.83 bits per heavy atom. The predicted molar refractivity (Wildman–Crippen MR) is 110 cm³/mol. The monoisotopic (exact) mass is 402 g/mol. The van der Waals surface area contributed by atoms with Crippen molar-refractivity contribution in [1.82, 2.24) is 0 Å². The van der Waals surface area contributed by atoms with Gasteiger partial charge in [0.2, 0.25) is 5.91 Å². The largest absolute Gasteiger partial charge is 0.493 e. The van der Waals surface area contributed by atoms with Crippen LogP contribution in [-0.4, -0.2) is 32.7 Å². The Morgan fingerprint density at radius 3 is 2.45 bits per heavy atom. The molecule has 1 N–H and O–H groups in total. The Bertz CT molecular complexity index is 886. The fourth-order valence-electron chi connectivity index (χ4n) is 3.30. The van der Waals surface area contributed by atoms with Gasteiger partial charge in [-0.05, 0) is 55.7 Å². The number of methoxy groups -OCH3 is 1. The number of carbonyl (C=O) groups is 1. The number of anilines is 2. The molecule has 0 aromatic heterocycles. The van der Waals surface area contributed by atoms with Gasteiger partial charge in [-0.25, -0.2) is 8.78 Å². The molecule has 2 aromatic rings. The summed E-state index contributed by atoms with van der Waals surface area (Å²) in [6, 6.07) is 7.55. The summed E-state index contributed by atoms with van der Waals surface area (Å²) in [5, 5.41) is 2.49. The van der Waals surface area contributed by atoms with E-state index in [9.17, 15) is 13.6 Å². The molecule has 0 unspecified atom stereocenters. The van der Waals surface area contributed by atoms with Gasteiger partial charge in [-0.2, -0.15) is 0 Å². The molecule has 0 bridgehead atoms. The lowest BCUT2D eigenvalue weighted by atomic mass is 10.2. The van der Waals surface area contributed by atoms with Crippen LogP contribution in [0.25, 0.3) is 6.08 Å². The first-order valence-corrected chi connectivity index (χ1v) is 9.55. The minimum Gasteiger partial charge on any atom is -0.493 e. The molecule has 1 amide bonds. The number of halogens is 2. The highest BCUT2D eigenvalue weighted by molar-refractivity contribution is 6.02. The van der Waals surface area contributed by atoms with Crippen molar-refractivity contribution in [2.24, 2.45) is 0 Å². The zero-order valence-electron chi connectivity index (χ0n) is 16.5. The number of hydrogen-bond donors (Lipinski definition) is 1. The second-order valence-electron chi connectivity index (χ2n) is 6.65. The molecule has 0 aliphatic carbocycles. The first-order valence-electron chi connectivity index (χ1n) is 9.55. The van der Waals surface area contributed by atoms with Gasteiger partial charge in [0.1, 0.15) is 5.69 Å². The van der Waals surface area contributed by atoms with Gasteiger partial charge in [0.05, 0.1) is 13.7 Å². The number of amides is 1. The number of carbonyl (C=O) groups excluding carboxylic acids is 1. The van der Waals surface area contributed by atoms with Crippen LogP contribution >= 0.6 is 0 Å². The molecule has 0 spiro atoms. The molecule has 1 heterocycles. The van der Waals surface area contributed by atoms with Crippen molar-refractivity contribution < 1.29 is 23.0 Å². The normalized spacial score (nSPS) is 13.7. The van der Waals surface area contributed by atoms with E-state index in [1.54, 1.807) is 29.2 Å². The molecule has 1 saturated heterocycles. The van der Waals surface area contributed by atoms with Crippen molar-refractivity contribution >= 4 is 23.4 Å². The average molecular weight is 402 g/mol. The van der Waals surface area contributed by atoms with E-state index in [1.807, 2.05) is 6.92 Å². The zero-order valence-corrected chi connectivity index (χ0v) is 16.5. The van der Waals surface area contributed by atoms with Crippen LogP contribution in [0.1, 0.15) is 25.3 Å². The van der Waals surface area contributed by atoms with Crippen LogP contribution in [0, 0.1) is 11.6 Å². The minimum absolute atomic E-state index is 0.0301. The Labute approximate surface area is 168 Å². The molecule has 1 fully saturated rings. The summed E-state index contributed by atoms with van der Waals surface area (Å²) < 4.78 is 39.5. The number of nitrogens with zero attached hydrogens (tertiary/aromatic N) is 1. The summed E-state index contributed by atoms with van der Waals surface area (Å²) in [6.45, 7) is 3.65. The summed E-state index contributed by atoms with van der Waals surface area (Å²) >= 11 is 0. The maximum Gasteiger partial charge on any atom is 0.248 e. The lowest BCUT2D eigenvalue weighted by molar-refractivity contribution is -0.111. The SMILES string of the molecule is CCOc1ccc(/C=C/C(=O)Nc2cc(F)c(N3CCCC3)c(F)c2)cc1OC. The molecule has 0 atom stereocenters. The Hall–Kier alpha value is -3.09. The van der Waals surface area contributed by atoms with Crippen LogP contribution in [-0.2, 0) is 4.79 Å². The Kier molecular flexibility index (Phi) is 6.69. The minimum atomic E-state index is -0.678. The molecule has 2 aromatic carbocycles. The van der Waals surface area contributed by atoms with E-state index in [0.717, 1.165) is 30.5 Å². The van der Waals surface area contributed by atoms with Crippen LogP contribution in [0.5, 0.6) is 11.5 Å². The summed E-state index contributed by atoms with van der Waals surface area (Å²) in [7, 11) is 1.53. The summed E-state index contributed by atoms with van der Waals surface area (Å²) in [4.78, 5) is 13.9. The first kappa shape index (κ1) is 20.6. The molecule has 29 heavy (non-hydrogen) atoms. The van der Waals surface area contributed by atoms with Crippen molar-refractivity contribution in [3.05, 3.63) is 53.6 Å². The fourth-order valence-corrected chi connectivity index (χ4v) is 3.30. The van der Waals surface area contributed by atoms with Gasteiger partial charge in [0.15, 0.2) is 23.1 Å². The average Bonchev–Trinajstić information content (AvgIpc) is 3.21. The Morgan fingerprint density at radius 1 is 1.14 bits per heavy atom. The van der Waals surface area contributed by atoms with E-state index in [2.05, 4.69) is 5.32 Å². The number of benzene rings is 2. The zero-order chi connectivity index (χ0) is 20.8. The van der Waals surface area contributed by atoms with E-state index in [-0.39, 0.29) is 11.4 Å². The molecule has 154 valence electrons. The first-order chi connectivity index (χ1) is 14.0. The highest BCUT2D eigenvalue weighted by Gasteiger charge is 2.21. The summed E-state index contributed by atoms with van der Waals surface area (Å²) in [5.41, 5.74) is 0.765. The Balaban J connectivity index is 1.69. The number of nitrogens with one attached hydrogen (secondary N) is 1. The van der Waals surface area contributed by atoms with E-state index in [1.165, 1.54) is 13.2 Å². The number of ether oxygens (including phenoxy) is 2. The standard InChI is InChI=1S/C22H24F2N2O3/c1-3-29-19-8-6-15(12-20(19)28-2)7-9-21(27)25-16-13-17(23)22(18(24)14-16)26-10-4-5-11-26/h6-9,12-14H,3-5,10-11H2,1-2H3,(H,25,27)/b9-7+. The predicted octanol–water partition coefficient (Wildman–Crippen LogP) is 4.62. The van der Waals surface area contributed by atoms with Gasteiger partial charge < -0.3 is 19.7 Å². The third-order valence-electron chi connectivity index (χ3n) is 4.62. The molecule has 3 rings (SSSR count). The van der Waals surface area contributed by atoms with Gasteiger partial charge in [-0.15, -0.1) is 0 Å². The smallest absolute Gasteiger partial charge is 0.248 e. The third-order valence-corrected chi connectivity index (χ3v) is 4.62. The molecule has 0 radical (unpaired) electrons. The van der Waals surface area contributed by atoms with Gasteiger partial charge >= 0.3 is 0 Å². The van der Waals surface area contributed by atoms with Crippen LogP contribution in [0.2, 0.25) is 0 Å². The third kappa shape index (κ3) is 5.04. The van der Waals surface area contributed by atoms with Gasteiger partial charge in [0, 0.05) is 24.9 Å². The fraction of sp³-hybridized carbons (Fsp3) is 0.318. The van der Waals surface area contributed by atoms with Crippen molar-refractivity contribution in [2.45, 2.75) is 19.8 Å². The second-order valence-corrected chi connectivity index (χ2v) is 6.65. The number of rotatable bonds is 7. The molecule has 7 heteroatoms. The maximum atomic E-state index is 14.4. The van der Waals surface area contributed by atoms with Gasteiger partial charge in [0.25, 0.3) is 0 Å². The van der Waals surface area contributed by atoms with Crippen molar-refractivity contribution in [1.29, 1.82) is 0 Å². The second kappa shape index (κ2) is 9.41. The summed E-state index contributed by atoms with van der Waals surface area (Å²) in [5.74, 6) is -0.688. The van der Waals surface area contributed by atoms with E-state index in [4.69, 9.17) is 9.47 Å². The lowest BCUT2D eigenvalue weighted by Gasteiger charge is -2.19. The maximum absolute atomic E-state index is 14.4. The van der Waals surface area contributed by atoms with E-state index in [0.29, 0.717) is 31.2 Å². The van der Waals surface area contributed by atoms with E-state index < -0.39 is 17.5 Å². The van der Waals surface area contributed by atoms with Gasteiger partial charge in [-0.3, -0.25) is 4.79 Å². The molecule has 1 aliphatic rings. The van der Waals surface area contributed by atoms with Gasteiger partial charge in [-0.1, -0.05) is 6.07 Å². The summed E-state index contributed by atoms with van der Waals surface area (Å²) in [6.07, 6.45) is 4.70. The van der Waals surface area contributed by atoms with Crippen LogP contribution in [0.15, 0.2) is 36.4 Å². The lowest BCUT2D eigenvalue weighted by Crippen LogP contribution is -2.21. The van der Waals surface area contributed by atoms with Crippen LogP contribution < -0.4 is 19.7 Å². The quantitative estimate of drug-likeness (QED) is 0.687. The molecule has 1 aliphatic heterocycles. The van der Waals surface area contributed by atoms with E-state index >= 15 is 0 Å². The molecular formula is C22H24F2N2O3. The topological polar surface area (TPSA) is 50.8 Å². The highest BCUT2D eigenvalue weighted by Crippen LogP contribution is 2.30. The van der Waals surface area contributed by atoms with Crippen molar-refractivity contribution in [2.75, 3.05) is 37.0 Å². The molecule has 5 nitrogen and oxygen atoms in total. The highest BCUT2D eigenvalue weighted by atomic mass is 19.1. The van der Waals surface area contributed by atoms with Crippen LogP contribution in [0.3, 0.4) is 0 Å². The van der Waals surface area contributed by atoms with Crippen LogP contribution in [0.4, 0.5) is 20.2 Å². The number of hydrogen-bond acceptors (Lipinski definition) is 4. The molecular weight excluding hydrogens is 378 g/mol.